The summed E-state index contributed by atoms with van der Waals surface area (Å²) < 4.78 is 12.6. The zero-order valence-corrected chi connectivity index (χ0v) is 21.4. The van der Waals surface area contributed by atoms with E-state index in [2.05, 4.69) is 21.0 Å². The number of rotatable bonds is 9. The van der Waals surface area contributed by atoms with Crippen LogP contribution >= 0.6 is 11.8 Å². The number of thioether (sulfide) groups is 1. The van der Waals surface area contributed by atoms with Crippen molar-refractivity contribution in [3.8, 4) is 11.5 Å². The number of ether oxygens (including phenoxy) is 2. The van der Waals surface area contributed by atoms with Gasteiger partial charge in [0.15, 0.2) is 16.7 Å². The average Bonchev–Trinajstić information content (AvgIpc) is 2.86. The number of anilines is 2. The Hall–Kier alpha value is -3.34. The maximum atomic E-state index is 13.6. The van der Waals surface area contributed by atoms with E-state index in [0.717, 1.165) is 19.3 Å². The minimum Gasteiger partial charge on any atom is -0.493 e. The quantitative estimate of drug-likeness (QED) is 0.267. The van der Waals surface area contributed by atoms with Crippen molar-refractivity contribution in [2.45, 2.75) is 49.6 Å². The van der Waals surface area contributed by atoms with Crippen LogP contribution in [0.25, 0.3) is 10.9 Å². The summed E-state index contributed by atoms with van der Waals surface area (Å²) >= 11 is 1.40. The molecule has 0 radical (unpaired) electrons. The van der Waals surface area contributed by atoms with Gasteiger partial charge >= 0.3 is 0 Å². The van der Waals surface area contributed by atoms with Crippen molar-refractivity contribution in [3.63, 3.8) is 0 Å². The number of allylic oxidation sites excluding steroid dienone is 2. The second kappa shape index (κ2) is 10.9. The van der Waals surface area contributed by atoms with E-state index in [0.29, 0.717) is 51.6 Å². The Balaban J connectivity index is 1.72. The largest absolute Gasteiger partial charge is 0.493 e. The van der Waals surface area contributed by atoms with Gasteiger partial charge in [0.1, 0.15) is 5.82 Å². The number of nitrogens with zero attached hydrogens (tertiary/aromatic N) is 6. The van der Waals surface area contributed by atoms with Crippen LogP contribution in [0.15, 0.2) is 33.7 Å². The molecule has 0 spiro atoms. The van der Waals surface area contributed by atoms with Crippen LogP contribution in [-0.4, -0.2) is 52.8 Å². The Morgan fingerprint density at radius 3 is 2.54 bits per heavy atom. The fraction of sp³-hybridized carbons (Fsp3) is 0.458. The minimum absolute atomic E-state index is 0.112. The second-order valence-electron chi connectivity index (χ2n) is 8.53. The molecule has 1 aromatic carbocycles. The van der Waals surface area contributed by atoms with Crippen LogP contribution in [0.1, 0.15) is 37.9 Å². The molecule has 0 fully saturated rings. The highest BCUT2D eigenvalue weighted by Crippen LogP contribution is 2.32. The van der Waals surface area contributed by atoms with Gasteiger partial charge in [0.25, 0.3) is 5.56 Å². The molecule has 0 aliphatic heterocycles. The third kappa shape index (κ3) is 5.67. The van der Waals surface area contributed by atoms with Crippen molar-refractivity contribution in [2.24, 2.45) is 0 Å². The molecule has 1 aliphatic rings. The molecule has 0 unspecified atom stereocenters. The lowest BCUT2D eigenvalue weighted by molar-refractivity contribution is 0.355. The highest BCUT2D eigenvalue weighted by atomic mass is 32.2. The first kappa shape index (κ1) is 24.8. The Kier molecular flexibility index (Phi) is 7.74. The van der Waals surface area contributed by atoms with Crippen molar-refractivity contribution in [1.82, 2.24) is 24.5 Å². The summed E-state index contributed by atoms with van der Waals surface area (Å²) in [6, 6.07) is 3.43. The topological polar surface area (TPSA) is 121 Å². The standard InChI is InChI=1S/C24H31N7O3S/c1-30(2)23-28-20(27-22(25)29-23)14-35-24-26-17-13-19(34-4)18(33-3)12-16(17)21(32)31(24)11-10-15-8-6-5-7-9-15/h8,12-13H,5-7,9-11,14H2,1-4H3,(H2,25,27,28,29). The van der Waals surface area contributed by atoms with Crippen LogP contribution < -0.4 is 25.7 Å². The maximum absolute atomic E-state index is 13.6. The lowest BCUT2D eigenvalue weighted by atomic mass is 9.97. The van der Waals surface area contributed by atoms with Gasteiger partial charge in [-0.15, -0.1) is 0 Å². The molecule has 0 saturated heterocycles. The normalized spacial score (nSPS) is 13.5. The van der Waals surface area contributed by atoms with Gasteiger partial charge in [0.2, 0.25) is 11.9 Å². The molecule has 2 aromatic heterocycles. The first-order valence-electron chi connectivity index (χ1n) is 11.5. The monoisotopic (exact) mass is 497 g/mol. The Morgan fingerprint density at radius 2 is 1.86 bits per heavy atom. The number of fused-ring (bicyclic) bond motifs is 1. The molecule has 1 aliphatic carbocycles. The van der Waals surface area contributed by atoms with E-state index in [1.807, 2.05) is 14.1 Å². The van der Waals surface area contributed by atoms with Crippen molar-refractivity contribution >= 4 is 34.6 Å². The van der Waals surface area contributed by atoms with Crippen molar-refractivity contribution in [1.29, 1.82) is 0 Å². The van der Waals surface area contributed by atoms with Crippen LogP contribution in [0, 0.1) is 0 Å². The zero-order valence-electron chi connectivity index (χ0n) is 20.6. The number of hydrogen-bond acceptors (Lipinski definition) is 10. The van der Waals surface area contributed by atoms with Crippen molar-refractivity contribution < 1.29 is 9.47 Å². The van der Waals surface area contributed by atoms with Gasteiger partial charge in [0.05, 0.1) is 30.9 Å². The van der Waals surface area contributed by atoms with E-state index in [9.17, 15) is 4.79 Å². The van der Waals surface area contributed by atoms with Gasteiger partial charge in [-0.2, -0.15) is 15.0 Å². The smallest absolute Gasteiger partial charge is 0.262 e. The van der Waals surface area contributed by atoms with Gasteiger partial charge in [-0.05, 0) is 38.2 Å². The van der Waals surface area contributed by atoms with Crippen LogP contribution in [0.2, 0.25) is 0 Å². The van der Waals surface area contributed by atoms with Gasteiger partial charge in [0, 0.05) is 26.7 Å². The number of hydrogen-bond donors (Lipinski definition) is 1. The number of nitrogens with two attached hydrogens (primary N) is 1. The fourth-order valence-electron chi connectivity index (χ4n) is 4.04. The summed E-state index contributed by atoms with van der Waals surface area (Å²) in [5.74, 6) is 2.57. The molecule has 3 aromatic rings. The predicted molar refractivity (Wildman–Crippen MR) is 138 cm³/mol. The third-order valence-corrected chi connectivity index (χ3v) is 6.86. The molecule has 0 saturated carbocycles. The summed E-state index contributed by atoms with van der Waals surface area (Å²) in [6.07, 6.45) is 7.74. The third-order valence-electron chi connectivity index (χ3n) is 5.88. The van der Waals surface area contributed by atoms with E-state index < -0.39 is 0 Å². The lowest BCUT2D eigenvalue weighted by Gasteiger charge is -2.17. The molecule has 0 bridgehead atoms. The first-order valence-corrected chi connectivity index (χ1v) is 12.5. The zero-order chi connectivity index (χ0) is 24.9. The van der Waals surface area contributed by atoms with Gasteiger partial charge in [-0.1, -0.05) is 23.4 Å². The molecular formula is C24H31N7O3S. The summed E-state index contributed by atoms with van der Waals surface area (Å²) in [5, 5.41) is 1.08. The van der Waals surface area contributed by atoms with Crippen molar-refractivity contribution in [2.75, 3.05) is 38.9 Å². The lowest BCUT2D eigenvalue weighted by Crippen LogP contribution is -2.24. The highest BCUT2D eigenvalue weighted by molar-refractivity contribution is 7.98. The van der Waals surface area contributed by atoms with Gasteiger partial charge in [-0.3, -0.25) is 9.36 Å². The summed E-state index contributed by atoms with van der Waals surface area (Å²) in [4.78, 5) is 33.1. The highest BCUT2D eigenvalue weighted by Gasteiger charge is 2.17. The number of benzene rings is 1. The molecule has 2 N–H and O–H groups in total. The fourth-order valence-corrected chi connectivity index (χ4v) is 4.92. The van der Waals surface area contributed by atoms with Gasteiger partial charge in [-0.25, -0.2) is 4.98 Å². The first-order chi connectivity index (χ1) is 16.9. The van der Waals surface area contributed by atoms with Crippen LogP contribution in [0.4, 0.5) is 11.9 Å². The van der Waals surface area contributed by atoms with Crippen LogP contribution in [0.3, 0.4) is 0 Å². The molecular weight excluding hydrogens is 466 g/mol. The van der Waals surface area contributed by atoms with E-state index in [1.165, 1.54) is 30.2 Å². The number of nitrogen functional groups attached to an aromatic ring is 1. The Morgan fingerprint density at radius 1 is 1.09 bits per heavy atom. The van der Waals surface area contributed by atoms with Crippen LogP contribution in [-0.2, 0) is 12.3 Å². The second-order valence-corrected chi connectivity index (χ2v) is 9.47. The van der Waals surface area contributed by atoms with Crippen LogP contribution in [0.5, 0.6) is 11.5 Å². The maximum Gasteiger partial charge on any atom is 0.262 e. The Labute approximate surface area is 208 Å². The molecule has 4 rings (SSSR count). The predicted octanol–water partition coefficient (Wildman–Crippen LogP) is 3.43. The molecule has 35 heavy (non-hydrogen) atoms. The summed E-state index contributed by atoms with van der Waals surface area (Å²) in [6.45, 7) is 0.548. The molecule has 2 heterocycles. The van der Waals surface area contributed by atoms with E-state index in [4.69, 9.17) is 20.2 Å². The molecule has 186 valence electrons. The Bertz CT molecular complexity index is 1310. The van der Waals surface area contributed by atoms with E-state index >= 15 is 0 Å². The summed E-state index contributed by atoms with van der Waals surface area (Å²) in [5.41, 5.74) is 7.72. The number of methoxy groups -OCH3 is 2. The van der Waals surface area contributed by atoms with E-state index in [-0.39, 0.29) is 11.5 Å². The molecule has 0 atom stereocenters. The molecule has 10 nitrogen and oxygen atoms in total. The molecule has 11 heteroatoms. The number of aromatic nitrogens is 5. The summed E-state index contributed by atoms with van der Waals surface area (Å²) in [7, 11) is 6.80. The van der Waals surface area contributed by atoms with Gasteiger partial charge < -0.3 is 20.1 Å². The average molecular weight is 498 g/mol. The minimum atomic E-state index is -0.112. The molecule has 0 amide bonds. The van der Waals surface area contributed by atoms with Crippen molar-refractivity contribution in [3.05, 3.63) is 40.0 Å². The van der Waals surface area contributed by atoms with E-state index in [1.54, 1.807) is 35.8 Å². The SMILES string of the molecule is COc1cc2nc(SCc3nc(N)nc(N(C)C)n3)n(CCC3=CCCCC3)c(=O)c2cc1OC.